The normalized spacial score (nSPS) is 20.7. The molecule has 3 heteroatoms. The maximum absolute atomic E-state index is 9.52. The van der Waals surface area contributed by atoms with Crippen LogP contribution in [0.25, 0.3) is 0 Å². The summed E-state index contributed by atoms with van der Waals surface area (Å²) in [5.41, 5.74) is -0.971. The van der Waals surface area contributed by atoms with Crippen LogP contribution in [0, 0.1) is 11.3 Å². The third-order valence-electron chi connectivity index (χ3n) is 2.29. The first kappa shape index (κ1) is 9.50. The van der Waals surface area contributed by atoms with Crippen molar-refractivity contribution in [2.45, 2.75) is 37.8 Å². The summed E-state index contributed by atoms with van der Waals surface area (Å²) in [6.07, 6.45) is 1.88. The lowest BCUT2D eigenvalue weighted by Crippen LogP contribution is -2.42. The summed E-state index contributed by atoms with van der Waals surface area (Å²) >= 11 is 0. The van der Waals surface area contributed by atoms with Gasteiger partial charge in [0, 0.05) is 6.54 Å². The smallest absolute Gasteiger partial charge is 0.109 e. The number of nitriles is 1. The van der Waals surface area contributed by atoms with Gasteiger partial charge in [-0.1, -0.05) is 0 Å². The molecule has 1 fully saturated rings. The second kappa shape index (κ2) is 2.72. The van der Waals surface area contributed by atoms with Gasteiger partial charge < -0.3 is 5.11 Å². The zero-order valence-electron chi connectivity index (χ0n) is 7.96. The van der Waals surface area contributed by atoms with Crippen molar-refractivity contribution in [3.63, 3.8) is 0 Å². The molecule has 0 atom stereocenters. The van der Waals surface area contributed by atoms with Crippen molar-refractivity contribution < 1.29 is 5.11 Å². The van der Waals surface area contributed by atoms with Gasteiger partial charge >= 0.3 is 0 Å². The Morgan fingerprint density at radius 2 is 2.08 bits per heavy atom. The van der Waals surface area contributed by atoms with E-state index in [1.807, 2.05) is 11.9 Å². The zero-order chi connectivity index (χ0) is 9.41. The second-order valence-electron chi connectivity index (χ2n) is 4.31. The molecule has 0 saturated heterocycles. The van der Waals surface area contributed by atoms with Crippen molar-refractivity contribution in [1.29, 1.82) is 5.26 Å². The Morgan fingerprint density at radius 1 is 1.58 bits per heavy atom. The average molecular weight is 168 g/mol. The lowest BCUT2D eigenvalue weighted by molar-refractivity contribution is 0.0345. The van der Waals surface area contributed by atoms with E-state index in [1.54, 1.807) is 13.8 Å². The number of hydrogen-bond acceptors (Lipinski definition) is 3. The van der Waals surface area contributed by atoms with Gasteiger partial charge in [0.05, 0.1) is 11.7 Å². The van der Waals surface area contributed by atoms with E-state index in [4.69, 9.17) is 5.26 Å². The maximum Gasteiger partial charge on any atom is 0.109 e. The fourth-order valence-corrected chi connectivity index (χ4v) is 1.43. The molecule has 12 heavy (non-hydrogen) atoms. The first-order valence-electron chi connectivity index (χ1n) is 4.24. The van der Waals surface area contributed by atoms with E-state index in [0.29, 0.717) is 6.54 Å². The van der Waals surface area contributed by atoms with E-state index in [2.05, 4.69) is 6.07 Å². The molecular weight excluding hydrogens is 152 g/mol. The molecule has 0 aromatic rings. The van der Waals surface area contributed by atoms with Crippen LogP contribution in [0.15, 0.2) is 0 Å². The first-order chi connectivity index (χ1) is 5.40. The van der Waals surface area contributed by atoms with Crippen LogP contribution in [-0.4, -0.2) is 34.7 Å². The minimum atomic E-state index is -0.707. The number of aliphatic hydroxyl groups is 1. The number of nitrogens with zero attached hydrogens (tertiary/aromatic N) is 2. The summed E-state index contributed by atoms with van der Waals surface area (Å²) < 4.78 is 0. The Bertz CT molecular complexity index is 208. The summed E-state index contributed by atoms with van der Waals surface area (Å²) in [6.45, 7) is 4.08. The third kappa shape index (κ3) is 1.96. The van der Waals surface area contributed by atoms with Gasteiger partial charge in [0.25, 0.3) is 0 Å². The largest absolute Gasteiger partial charge is 0.389 e. The van der Waals surface area contributed by atoms with Crippen molar-refractivity contribution in [2.75, 3.05) is 13.6 Å². The Labute approximate surface area is 73.6 Å². The van der Waals surface area contributed by atoms with Crippen molar-refractivity contribution in [2.24, 2.45) is 0 Å². The van der Waals surface area contributed by atoms with Crippen LogP contribution in [0.1, 0.15) is 26.7 Å². The number of rotatable bonds is 3. The van der Waals surface area contributed by atoms with E-state index < -0.39 is 5.60 Å². The van der Waals surface area contributed by atoms with Gasteiger partial charge in [0.15, 0.2) is 0 Å². The van der Waals surface area contributed by atoms with Crippen molar-refractivity contribution in [3.05, 3.63) is 0 Å². The Hall–Kier alpha value is -0.590. The Morgan fingerprint density at radius 3 is 2.33 bits per heavy atom. The lowest BCUT2D eigenvalue weighted by atomic mass is 10.1. The van der Waals surface area contributed by atoms with Crippen molar-refractivity contribution >= 4 is 0 Å². The van der Waals surface area contributed by atoms with Crippen LogP contribution in [-0.2, 0) is 0 Å². The highest BCUT2D eigenvalue weighted by Crippen LogP contribution is 2.40. The summed E-state index contributed by atoms with van der Waals surface area (Å²) in [7, 11) is 1.90. The van der Waals surface area contributed by atoms with Crippen LogP contribution in [0.3, 0.4) is 0 Å². The molecule has 0 aliphatic heterocycles. The minimum Gasteiger partial charge on any atom is -0.389 e. The predicted octanol–water partition coefficient (Wildman–Crippen LogP) is 0.745. The van der Waals surface area contributed by atoms with Crippen molar-refractivity contribution in [1.82, 2.24) is 4.90 Å². The SMILES string of the molecule is CN(CC(C)(C)O)C1(C#N)CC1. The zero-order valence-corrected chi connectivity index (χ0v) is 7.96. The summed E-state index contributed by atoms with van der Waals surface area (Å²) in [5.74, 6) is 0. The van der Waals surface area contributed by atoms with Gasteiger partial charge in [0.1, 0.15) is 5.54 Å². The molecule has 0 amide bonds. The highest BCUT2D eigenvalue weighted by Gasteiger charge is 2.47. The molecule has 1 saturated carbocycles. The minimum absolute atomic E-state index is 0.264. The fraction of sp³-hybridized carbons (Fsp3) is 0.889. The fourth-order valence-electron chi connectivity index (χ4n) is 1.43. The average Bonchev–Trinajstić information content (AvgIpc) is 2.62. The quantitative estimate of drug-likeness (QED) is 0.676. The highest BCUT2D eigenvalue weighted by atomic mass is 16.3. The summed E-state index contributed by atoms with van der Waals surface area (Å²) in [6, 6.07) is 2.29. The molecule has 68 valence electrons. The molecule has 0 unspecified atom stereocenters. The number of β-amino-alcohol motifs (C(OH)–C–C–N with tert-alkyl or cyclic N) is 1. The van der Waals surface area contributed by atoms with E-state index in [9.17, 15) is 5.11 Å². The maximum atomic E-state index is 9.52. The number of hydrogen-bond donors (Lipinski definition) is 1. The van der Waals surface area contributed by atoms with Crippen molar-refractivity contribution in [3.8, 4) is 6.07 Å². The Kier molecular flexibility index (Phi) is 2.15. The molecule has 0 radical (unpaired) electrons. The molecule has 1 aliphatic rings. The van der Waals surface area contributed by atoms with Gasteiger partial charge in [-0.2, -0.15) is 5.26 Å². The number of likely N-dealkylation sites (N-methyl/N-ethyl adjacent to an activating group) is 1. The van der Waals surface area contributed by atoms with E-state index in [1.165, 1.54) is 0 Å². The van der Waals surface area contributed by atoms with Crippen LogP contribution >= 0.6 is 0 Å². The van der Waals surface area contributed by atoms with E-state index >= 15 is 0 Å². The van der Waals surface area contributed by atoms with Gasteiger partial charge in [-0.25, -0.2) is 0 Å². The third-order valence-corrected chi connectivity index (χ3v) is 2.29. The van der Waals surface area contributed by atoms with Gasteiger partial charge in [-0.15, -0.1) is 0 Å². The highest BCUT2D eigenvalue weighted by molar-refractivity contribution is 5.19. The van der Waals surface area contributed by atoms with Gasteiger partial charge in [0.2, 0.25) is 0 Å². The summed E-state index contributed by atoms with van der Waals surface area (Å²) in [4.78, 5) is 1.95. The Balaban J connectivity index is 2.50. The standard InChI is InChI=1S/C9H16N2O/c1-8(2,12)7-11(3)9(6-10)4-5-9/h12H,4-5,7H2,1-3H3. The van der Waals surface area contributed by atoms with Gasteiger partial charge in [-0.05, 0) is 33.7 Å². The molecule has 1 N–H and O–H groups in total. The molecule has 0 aromatic heterocycles. The van der Waals surface area contributed by atoms with Crippen LogP contribution in [0.5, 0.6) is 0 Å². The molecule has 1 rings (SSSR count). The summed E-state index contributed by atoms with van der Waals surface area (Å²) in [5, 5.41) is 18.4. The van der Waals surface area contributed by atoms with Crippen LogP contribution < -0.4 is 0 Å². The lowest BCUT2D eigenvalue weighted by Gasteiger charge is -2.28. The predicted molar refractivity (Wildman–Crippen MR) is 46.5 cm³/mol. The molecule has 0 bridgehead atoms. The van der Waals surface area contributed by atoms with Crippen LogP contribution in [0.2, 0.25) is 0 Å². The van der Waals surface area contributed by atoms with Gasteiger partial charge in [-0.3, -0.25) is 4.90 Å². The molecular formula is C9H16N2O. The molecule has 1 aliphatic carbocycles. The monoisotopic (exact) mass is 168 g/mol. The molecule has 0 heterocycles. The molecule has 0 spiro atoms. The van der Waals surface area contributed by atoms with Crippen LogP contribution in [0.4, 0.5) is 0 Å². The van der Waals surface area contributed by atoms with E-state index in [0.717, 1.165) is 12.8 Å². The topological polar surface area (TPSA) is 47.3 Å². The van der Waals surface area contributed by atoms with E-state index in [-0.39, 0.29) is 5.54 Å². The first-order valence-corrected chi connectivity index (χ1v) is 4.24. The molecule has 3 nitrogen and oxygen atoms in total. The second-order valence-corrected chi connectivity index (χ2v) is 4.31. The molecule has 0 aromatic carbocycles.